The van der Waals surface area contributed by atoms with Crippen LogP contribution in [-0.4, -0.2) is 20.7 Å². The fourth-order valence-electron chi connectivity index (χ4n) is 3.60. The molecule has 1 N–H and O–H groups in total. The Balaban J connectivity index is 1.78. The summed E-state index contributed by atoms with van der Waals surface area (Å²) in [6.07, 6.45) is 0. The second-order valence-electron chi connectivity index (χ2n) is 8.03. The Morgan fingerprint density at radius 3 is 2.48 bits per heavy atom. The van der Waals surface area contributed by atoms with Crippen LogP contribution in [0.15, 0.2) is 82.7 Å². The molecule has 0 saturated heterocycles. The van der Waals surface area contributed by atoms with Gasteiger partial charge < -0.3 is 5.32 Å². The molecular weight excluding hydrogens is 454 g/mol. The first-order valence-electron chi connectivity index (χ1n) is 10.7. The van der Waals surface area contributed by atoms with Crippen LogP contribution in [0.5, 0.6) is 0 Å². The molecule has 0 aliphatic rings. The largest absolute Gasteiger partial charge is 0.325 e. The van der Waals surface area contributed by atoms with E-state index in [2.05, 4.69) is 19.2 Å². The minimum absolute atomic E-state index is 0.154. The van der Waals surface area contributed by atoms with Gasteiger partial charge in [0.1, 0.15) is 0 Å². The molecule has 1 heterocycles. The second-order valence-corrected chi connectivity index (χ2v) is 9.77. The van der Waals surface area contributed by atoms with Crippen LogP contribution in [0.25, 0.3) is 16.6 Å². The lowest BCUT2D eigenvalue weighted by Crippen LogP contribution is -2.26. The van der Waals surface area contributed by atoms with Crippen molar-refractivity contribution in [2.75, 3.05) is 5.32 Å². The van der Waals surface area contributed by atoms with Crippen LogP contribution in [0.2, 0.25) is 5.02 Å². The fourth-order valence-corrected chi connectivity index (χ4v) is 4.72. The van der Waals surface area contributed by atoms with E-state index in [1.165, 1.54) is 11.8 Å². The second kappa shape index (κ2) is 9.81. The monoisotopic (exact) mass is 477 g/mol. The van der Waals surface area contributed by atoms with Crippen LogP contribution < -0.4 is 10.9 Å². The zero-order valence-electron chi connectivity index (χ0n) is 18.6. The number of carbonyl (C=O) groups excluding carboxylic acids is 1. The molecule has 0 spiro atoms. The number of para-hydroxylation sites is 2. The minimum atomic E-state index is -0.505. The Kier molecular flexibility index (Phi) is 6.86. The number of hydrogen-bond donors (Lipinski definition) is 1. The molecule has 1 unspecified atom stereocenters. The van der Waals surface area contributed by atoms with Crippen LogP contribution in [0.3, 0.4) is 0 Å². The molecule has 0 bridgehead atoms. The van der Waals surface area contributed by atoms with Crippen molar-refractivity contribution in [3.63, 3.8) is 0 Å². The summed E-state index contributed by atoms with van der Waals surface area (Å²) in [6, 6.07) is 22.1. The standard InChI is InChI=1S/C26H24ClN3O2S/c1-16(2)20-11-5-7-14-23(20)30-25(32)21-12-4-6-13-22(21)29-26(30)33-17(3)24(31)28-19-10-8-9-18(27)15-19/h4-17H,1-3H3,(H,28,31). The molecule has 0 fully saturated rings. The number of nitrogens with zero attached hydrogens (tertiary/aromatic N) is 2. The maximum Gasteiger partial charge on any atom is 0.266 e. The van der Waals surface area contributed by atoms with Crippen molar-refractivity contribution >= 4 is 45.9 Å². The van der Waals surface area contributed by atoms with Crippen molar-refractivity contribution in [1.82, 2.24) is 9.55 Å². The van der Waals surface area contributed by atoms with Crippen molar-refractivity contribution < 1.29 is 4.79 Å². The van der Waals surface area contributed by atoms with E-state index in [0.717, 1.165) is 11.3 Å². The highest BCUT2D eigenvalue weighted by atomic mass is 35.5. The number of fused-ring (bicyclic) bond motifs is 1. The normalized spacial score (nSPS) is 12.2. The Bertz CT molecular complexity index is 1380. The third-order valence-corrected chi connectivity index (χ3v) is 6.58. The lowest BCUT2D eigenvalue weighted by atomic mass is 10.0. The predicted molar refractivity (Wildman–Crippen MR) is 137 cm³/mol. The molecule has 4 aromatic rings. The smallest absolute Gasteiger partial charge is 0.266 e. The third-order valence-electron chi connectivity index (χ3n) is 5.29. The van der Waals surface area contributed by atoms with Crippen LogP contribution in [0, 0.1) is 0 Å². The number of hydrogen-bond acceptors (Lipinski definition) is 4. The number of anilines is 1. The average Bonchev–Trinajstić information content (AvgIpc) is 2.79. The number of carbonyl (C=O) groups is 1. The molecule has 168 valence electrons. The first-order chi connectivity index (χ1) is 15.8. The van der Waals surface area contributed by atoms with E-state index in [4.69, 9.17) is 16.6 Å². The minimum Gasteiger partial charge on any atom is -0.325 e. The summed E-state index contributed by atoms with van der Waals surface area (Å²) in [7, 11) is 0. The Labute approximate surface area is 201 Å². The van der Waals surface area contributed by atoms with E-state index in [1.807, 2.05) is 42.5 Å². The van der Waals surface area contributed by atoms with Gasteiger partial charge in [0, 0.05) is 10.7 Å². The molecule has 0 saturated carbocycles. The first kappa shape index (κ1) is 23.1. The summed E-state index contributed by atoms with van der Waals surface area (Å²) in [5, 5.41) is 3.93. The molecule has 1 aromatic heterocycles. The van der Waals surface area contributed by atoms with Gasteiger partial charge in [-0.1, -0.05) is 73.6 Å². The predicted octanol–water partition coefficient (Wildman–Crippen LogP) is 6.28. The zero-order chi connectivity index (χ0) is 23.5. The summed E-state index contributed by atoms with van der Waals surface area (Å²) in [5.41, 5.74) is 2.88. The number of benzene rings is 3. The highest BCUT2D eigenvalue weighted by Gasteiger charge is 2.22. The summed E-state index contributed by atoms with van der Waals surface area (Å²) in [4.78, 5) is 31.3. The topological polar surface area (TPSA) is 64.0 Å². The molecule has 5 nitrogen and oxygen atoms in total. The van der Waals surface area contributed by atoms with Crippen molar-refractivity contribution in [2.45, 2.75) is 37.1 Å². The first-order valence-corrected chi connectivity index (χ1v) is 11.9. The lowest BCUT2D eigenvalue weighted by Gasteiger charge is -2.19. The van der Waals surface area contributed by atoms with Crippen LogP contribution in [0.4, 0.5) is 5.69 Å². The maximum absolute atomic E-state index is 13.6. The Morgan fingerprint density at radius 2 is 1.73 bits per heavy atom. The number of amides is 1. The molecule has 0 aliphatic heterocycles. The van der Waals surface area contributed by atoms with E-state index in [9.17, 15) is 9.59 Å². The zero-order valence-corrected chi connectivity index (χ0v) is 20.2. The molecule has 0 aliphatic carbocycles. The van der Waals surface area contributed by atoms with Gasteiger partial charge in [0.05, 0.1) is 21.8 Å². The van der Waals surface area contributed by atoms with Gasteiger partial charge in [-0.2, -0.15) is 0 Å². The van der Waals surface area contributed by atoms with E-state index in [0.29, 0.717) is 26.8 Å². The van der Waals surface area contributed by atoms with Crippen LogP contribution in [0.1, 0.15) is 32.3 Å². The third kappa shape index (κ3) is 4.97. The quantitative estimate of drug-likeness (QED) is 0.262. The van der Waals surface area contributed by atoms with Crippen LogP contribution >= 0.6 is 23.4 Å². The van der Waals surface area contributed by atoms with Crippen LogP contribution in [-0.2, 0) is 4.79 Å². The summed E-state index contributed by atoms with van der Waals surface area (Å²) < 4.78 is 1.63. The summed E-state index contributed by atoms with van der Waals surface area (Å²) in [6.45, 7) is 5.98. The molecule has 0 radical (unpaired) electrons. The van der Waals surface area contributed by atoms with Gasteiger partial charge >= 0.3 is 0 Å². The van der Waals surface area contributed by atoms with Gasteiger partial charge in [-0.3, -0.25) is 14.2 Å². The van der Waals surface area contributed by atoms with Gasteiger partial charge in [-0.05, 0) is 54.8 Å². The molecule has 33 heavy (non-hydrogen) atoms. The van der Waals surface area contributed by atoms with Gasteiger partial charge in [0.15, 0.2) is 5.16 Å². The van der Waals surface area contributed by atoms with Crippen molar-refractivity contribution in [3.05, 3.63) is 93.7 Å². The van der Waals surface area contributed by atoms with Crippen molar-refractivity contribution in [2.24, 2.45) is 0 Å². The Hall–Kier alpha value is -3.09. The number of nitrogens with one attached hydrogen (secondary N) is 1. The number of thioether (sulfide) groups is 1. The van der Waals surface area contributed by atoms with Crippen molar-refractivity contribution in [3.8, 4) is 5.69 Å². The molecule has 1 atom stereocenters. The highest BCUT2D eigenvalue weighted by molar-refractivity contribution is 8.00. The Morgan fingerprint density at radius 1 is 1.00 bits per heavy atom. The lowest BCUT2D eigenvalue weighted by molar-refractivity contribution is -0.115. The van der Waals surface area contributed by atoms with Gasteiger partial charge in [0.25, 0.3) is 5.56 Å². The van der Waals surface area contributed by atoms with Gasteiger partial charge in [-0.25, -0.2) is 4.98 Å². The number of rotatable bonds is 6. The molecule has 7 heteroatoms. The van der Waals surface area contributed by atoms with E-state index < -0.39 is 5.25 Å². The molecule has 4 rings (SSSR count). The van der Waals surface area contributed by atoms with E-state index in [-0.39, 0.29) is 17.4 Å². The SMILES string of the molecule is CC(Sc1nc2ccccc2c(=O)n1-c1ccccc1C(C)C)C(=O)Nc1cccc(Cl)c1. The maximum atomic E-state index is 13.6. The van der Waals surface area contributed by atoms with Gasteiger partial charge in [-0.15, -0.1) is 0 Å². The average molecular weight is 478 g/mol. The van der Waals surface area contributed by atoms with E-state index in [1.54, 1.807) is 41.8 Å². The fraction of sp³-hybridized carbons (Fsp3) is 0.192. The van der Waals surface area contributed by atoms with Gasteiger partial charge in [0.2, 0.25) is 5.91 Å². The van der Waals surface area contributed by atoms with E-state index >= 15 is 0 Å². The number of aromatic nitrogens is 2. The summed E-state index contributed by atoms with van der Waals surface area (Å²) in [5.74, 6) is 0.00865. The highest BCUT2D eigenvalue weighted by Crippen LogP contribution is 2.29. The molecule has 3 aromatic carbocycles. The molecule has 1 amide bonds. The summed E-state index contributed by atoms with van der Waals surface area (Å²) >= 11 is 7.29. The van der Waals surface area contributed by atoms with Crippen molar-refractivity contribution in [1.29, 1.82) is 0 Å². The number of halogens is 1. The molecular formula is C26H24ClN3O2S.